The third-order valence-electron chi connectivity index (χ3n) is 4.52. The summed E-state index contributed by atoms with van der Waals surface area (Å²) in [5, 5.41) is 0. The molecule has 0 unspecified atom stereocenters. The molecule has 0 radical (unpaired) electrons. The molecule has 0 bridgehead atoms. The monoisotopic (exact) mass is 345 g/mol. The van der Waals surface area contributed by atoms with Crippen LogP contribution in [0.3, 0.4) is 0 Å². The summed E-state index contributed by atoms with van der Waals surface area (Å²) in [7, 11) is 2.89. The first-order valence-corrected chi connectivity index (χ1v) is 7.96. The molecule has 132 valence electrons. The van der Waals surface area contributed by atoms with Crippen molar-refractivity contribution in [3.8, 4) is 0 Å². The van der Waals surface area contributed by atoms with Crippen molar-refractivity contribution >= 4 is 23.6 Å². The van der Waals surface area contributed by atoms with Gasteiger partial charge in [0, 0.05) is 45.9 Å². The van der Waals surface area contributed by atoms with Gasteiger partial charge in [-0.25, -0.2) is 0 Å². The van der Waals surface area contributed by atoms with Crippen molar-refractivity contribution in [2.45, 2.75) is 0 Å². The number of benzene rings is 1. The molecule has 0 N–H and O–H groups in total. The summed E-state index contributed by atoms with van der Waals surface area (Å²) in [5.74, 6) is -1.07. The highest BCUT2D eigenvalue weighted by molar-refractivity contribution is 6.21. The van der Waals surface area contributed by atoms with E-state index in [2.05, 4.69) is 0 Å². The van der Waals surface area contributed by atoms with E-state index in [1.807, 2.05) is 0 Å². The summed E-state index contributed by atoms with van der Waals surface area (Å²) < 4.78 is 4.84. The van der Waals surface area contributed by atoms with Gasteiger partial charge in [0.2, 0.25) is 5.91 Å². The fraction of sp³-hybridized carbons (Fsp3) is 0.412. The number of amides is 4. The molecule has 8 heteroatoms. The first-order valence-electron chi connectivity index (χ1n) is 7.96. The summed E-state index contributed by atoms with van der Waals surface area (Å²) in [6.45, 7) is 1.75. The Hall–Kier alpha value is -2.74. The van der Waals surface area contributed by atoms with Crippen LogP contribution in [0.15, 0.2) is 18.2 Å². The molecule has 1 aromatic carbocycles. The van der Waals surface area contributed by atoms with Crippen LogP contribution in [0, 0.1) is 0 Å². The van der Waals surface area contributed by atoms with E-state index >= 15 is 0 Å². The Morgan fingerprint density at radius 1 is 1.00 bits per heavy atom. The maximum absolute atomic E-state index is 12.7. The molecular weight excluding hydrogens is 326 g/mol. The second kappa shape index (κ2) is 6.64. The first-order chi connectivity index (χ1) is 11.9. The molecule has 1 saturated heterocycles. The van der Waals surface area contributed by atoms with Crippen LogP contribution in [-0.4, -0.2) is 85.3 Å². The van der Waals surface area contributed by atoms with E-state index in [-0.39, 0.29) is 29.9 Å². The molecule has 1 aromatic rings. The van der Waals surface area contributed by atoms with Gasteiger partial charge >= 0.3 is 0 Å². The van der Waals surface area contributed by atoms with E-state index in [0.717, 1.165) is 4.90 Å². The van der Waals surface area contributed by atoms with Gasteiger partial charge in [0.05, 0.1) is 11.1 Å². The smallest absolute Gasteiger partial charge is 0.261 e. The van der Waals surface area contributed by atoms with Crippen molar-refractivity contribution in [3.05, 3.63) is 34.9 Å². The van der Waals surface area contributed by atoms with Crippen LogP contribution in [0.1, 0.15) is 31.1 Å². The molecule has 2 aliphatic heterocycles. The standard InChI is InChI=1S/C17H19N3O5/c1-18-16(23)12-4-3-11(9-13(12)17(18)24)15(22)20-7-5-19(6-8-20)14(21)10-25-2/h3-4,9H,5-8,10H2,1-2H3. The molecule has 25 heavy (non-hydrogen) atoms. The highest BCUT2D eigenvalue weighted by atomic mass is 16.5. The quantitative estimate of drug-likeness (QED) is 0.711. The van der Waals surface area contributed by atoms with Gasteiger partial charge in [-0.05, 0) is 18.2 Å². The van der Waals surface area contributed by atoms with Gasteiger partial charge in [0.15, 0.2) is 0 Å². The number of carbonyl (C=O) groups excluding carboxylic acids is 4. The minimum absolute atomic E-state index is 0.0302. The van der Waals surface area contributed by atoms with Gasteiger partial charge in [-0.2, -0.15) is 0 Å². The fourth-order valence-corrected chi connectivity index (χ4v) is 3.05. The number of methoxy groups -OCH3 is 1. The Bertz CT molecular complexity index is 753. The third-order valence-corrected chi connectivity index (χ3v) is 4.52. The largest absolute Gasteiger partial charge is 0.375 e. The van der Waals surface area contributed by atoms with Crippen LogP contribution in [-0.2, 0) is 9.53 Å². The number of piperazine rings is 1. The molecule has 0 saturated carbocycles. The number of carbonyl (C=O) groups is 4. The second-order valence-electron chi connectivity index (χ2n) is 6.04. The maximum Gasteiger partial charge on any atom is 0.261 e. The van der Waals surface area contributed by atoms with E-state index in [9.17, 15) is 19.2 Å². The average molecular weight is 345 g/mol. The lowest BCUT2D eigenvalue weighted by atomic mass is 10.0. The Morgan fingerprint density at radius 3 is 2.24 bits per heavy atom. The first kappa shape index (κ1) is 17.1. The fourth-order valence-electron chi connectivity index (χ4n) is 3.05. The number of ether oxygens (including phenoxy) is 1. The van der Waals surface area contributed by atoms with Gasteiger partial charge in [-0.3, -0.25) is 24.1 Å². The van der Waals surface area contributed by atoms with Crippen LogP contribution in [0.5, 0.6) is 0 Å². The van der Waals surface area contributed by atoms with Gasteiger partial charge in [-0.15, -0.1) is 0 Å². The van der Waals surface area contributed by atoms with E-state index in [1.54, 1.807) is 15.9 Å². The predicted molar refractivity (Wildman–Crippen MR) is 87.2 cm³/mol. The Morgan fingerprint density at radius 2 is 1.60 bits per heavy atom. The average Bonchev–Trinajstić information content (AvgIpc) is 2.85. The van der Waals surface area contributed by atoms with Gasteiger partial charge in [-0.1, -0.05) is 0 Å². The molecule has 0 atom stereocenters. The number of hydrogen-bond acceptors (Lipinski definition) is 5. The molecule has 2 aliphatic rings. The topological polar surface area (TPSA) is 87.2 Å². The Balaban J connectivity index is 1.70. The molecule has 0 spiro atoms. The van der Waals surface area contributed by atoms with Crippen molar-refractivity contribution < 1.29 is 23.9 Å². The number of imide groups is 1. The molecule has 0 aromatic heterocycles. The highest BCUT2D eigenvalue weighted by Crippen LogP contribution is 2.23. The van der Waals surface area contributed by atoms with Crippen molar-refractivity contribution in [1.82, 2.24) is 14.7 Å². The van der Waals surface area contributed by atoms with Crippen LogP contribution in [0.4, 0.5) is 0 Å². The van der Waals surface area contributed by atoms with E-state index < -0.39 is 5.91 Å². The molecule has 0 aliphatic carbocycles. The van der Waals surface area contributed by atoms with Gasteiger partial charge < -0.3 is 14.5 Å². The summed E-state index contributed by atoms with van der Waals surface area (Å²) in [6, 6.07) is 4.56. The van der Waals surface area contributed by atoms with Crippen LogP contribution < -0.4 is 0 Å². The SMILES string of the molecule is COCC(=O)N1CCN(C(=O)c2ccc3c(c2)C(=O)N(C)C3=O)CC1. The number of nitrogens with zero attached hydrogens (tertiary/aromatic N) is 3. The minimum Gasteiger partial charge on any atom is -0.375 e. The zero-order valence-electron chi connectivity index (χ0n) is 14.2. The molecule has 4 amide bonds. The Kier molecular flexibility index (Phi) is 4.54. The molecule has 1 fully saturated rings. The lowest BCUT2D eigenvalue weighted by molar-refractivity contribution is -0.136. The van der Waals surface area contributed by atoms with Crippen LogP contribution >= 0.6 is 0 Å². The number of fused-ring (bicyclic) bond motifs is 1. The molecular formula is C17H19N3O5. The molecule has 3 rings (SSSR count). The number of rotatable bonds is 3. The van der Waals surface area contributed by atoms with E-state index in [4.69, 9.17) is 4.74 Å². The number of hydrogen-bond donors (Lipinski definition) is 0. The summed E-state index contributed by atoms with van der Waals surface area (Å²) in [5.41, 5.74) is 0.943. The van der Waals surface area contributed by atoms with Crippen molar-refractivity contribution in [3.63, 3.8) is 0 Å². The van der Waals surface area contributed by atoms with E-state index in [1.165, 1.54) is 26.3 Å². The van der Waals surface area contributed by atoms with Crippen molar-refractivity contribution in [2.24, 2.45) is 0 Å². The Labute approximate surface area is 144 Å². The summed E-state index contributed by atoms with van der Waals surface area (Å²) in [6.07, 6.45) is 0. The lowest BCUT2D eigenvalue weighted by Crippen LogP contribution is -2.51. The van der Waals surface area contributed by atoms with E-state index in [0.29, 0.717) is 37.3 Å². The minimum atomic E-state index is -0.398. The summed E-state index contributed by atoms with van der Waals surface area (Å²) in [4.78, 5) is 52.8. The maximum atomic E-state index is 12.7. The normalized spacial score (nSPS) is 17.1. The van der Waals surface area contributed by atoms with Crippen molar-refractivity contribution in [1.29, 1.82) is 0 Å². The van der Waals surface area contributed by atoms with Crippen LogP contribution in [0.25, 0.3) is 0 Å². The lowest BCUT2D eigenvalue weighted by Gasteiger charge is -2.34. The molecule has 8 nitrogen and oxygen atoms in total. The van der Waals surface area contributed by atoms with Gasteiger partial charge in [0.25, 0.3) is 17.7 Å². The predicted octanol–water partition coefficient (Wildman–Crippen LogP) is -0.157. The highest BCUT2D eigenvalue weighted by Gasteiger charge is 2.34. The second-order valence-corrected chi connectivity index (χ2v) is 6.04. The van der Waals surface area contributed by atoms with Gasteiger partial charge in [0.1, 0.15) is 6.61 Å². The third kappa shape index (κ3) is 3.00. The zero-order chi connectivity index (χ0) is 18.1. The van der Waals surface area contributed by atoms with Crippen LogP contribution in [0.2, 0.25) is 0 Å². The zero-order valence-corrected chi connectivity index (χ0v) is 14.2. The van der Waals surface area contributed by atoms with Crippen molar-refractivity contribution in [2.75, 3.05) is 46.9 Å². The molecule has 2 heterocycles. The summed E-state index contributed by atoms with van der Waals surface area (Å²) >= 11 is 0.